The Labute approximate surface area is 206 Å². The smallest absolute Gasteiger partial charge is 0.277 e. The largest absolute Gasteiger partial charge is 0.378 e. The molecule has 2 saturated heterocycles. The molecule has 182 valence electrons. The van der Waals surface area contributed by atoms with E-state index in [1.54, 1.807) is 10.8 Å². The minimum Gasteiger partial charge on any atom is -0.378 e. The van der Waals surface area contributed by atoms with Crippen LogP contribution in [0.25, 0.3) is 5.52 Å². The van der Waals surface area contributed by atoms with Crippen LogP contribution in [0, 0.1) is 6.92 Å². The van der Waals surface area contributed by atoms with Gasteiger partial charge in [0.05, 0.1) is 31.6 Å². The van der Waals surface area contributed by atoms with Crippen molar-refractivity contribution < 1.29 is 14.0 Å². The van der Waals surface area contributed by atoms with Gasteiger partial charge in [-0.05, 0) is 31.0 Å². The van der Waals surface area contributed by atoms with Crippen LogP contribution in [-0.2, 0) is 16.0 Å². The second-order valence-electron chi connectivity index (χ2n) is 8.90. The average molecular weight is 497 g/mol. The molecule has 3 aromatic heterocycles. The van der Waals surface area contributed by atoms with E-state index in [0.717, 1.165) is 31.0 Å². The van der Waals surface area contributed by atoms with Crippen molar-refractivity contribution in [2.75, 3.05) is 37.8 Å². The molecular weight excluding hydrogens is 472 g/mol. The van der Waals surface area contributed by atoms with Crippen molar-refractivity contribution in [3.8, 4) is 0 Å². The molecule has 11 heteroatoms. The number of imidazole rings is 1. The maximum atomic E-state index is 13.3. The molecule has 4 aromatic rings. The van der Waals surface area contributed by atoms with Crippen LogP contribution in [-0.4, -0.2) is 57.0 Å². The molecule has 0 spiro atoms. The van der Waals surface area contributed by atoms with Crippen LogP contribution in [0.15, 0.2) is 46.0 Å². The van der Waals surface area contributed by atoms with Crippen LogP contribution in [0.3, 0.4) is 0 Å². The zero-order valence-corrected chi connectivity index (χ0v) is 20.0. The molecule has 5 heterocycles. The summed E-state index contributed by atoms with van der Waals surface area (Å²) in [5, 5.41) is 4.87. The van der Waals surface area contributed by atoms with Crippen LogP contribution < -0.4 is 10.5 Å². The topological polar surface area (TPSA) is 99.9 Å². The van der Waals surface area contributed by atoms with Gasteiger partial charge in [0.25, 0.3) is 5.56 Å². The number of anilines is 1. The maximum absolute atomic E-state index is 13.3. The fourth-order valence-corrected chi connectivity index (χ4v) is 4.88. The number of hydrogen-bond acceptors (Lipinski definition) is 8. The molecule has 2 fully saturated rings. The molecule has 10 nitrogen and oxygen atoms in total. The molecule has 35 heavy (non-hydrogen) atoms. The van der Waals surface area contributed by atoms with E-state index in [1.807, 2.05) is 41.8 Å². The van der Waals surface area contributed by atoms with E-state index in [2.05, 4.69) is 20.0 Å². The summed E-state index contributed by atoms with van der Waals surface area (Å²) in [6, 6.07) is 7.67. The lowest BCUT2D eigenvalue weighted by Crippen LogP contribution is -2.37. The van der Waals surface area contributed by atoms with E-state index in [-0.39, 0.29) is 24.1 Å². The Morgan fingerprint density at radius 3 is 2.71 bits per heavy atom. The summed E-state index contributed by atoms with van der Waals surface area (Å²) in [6.07, 6.45) is 4.32. The lowest BCUT2D eigenvalue weighted by atomic mass is 10.0. The molecule has 2 atom stereocenters. The van der Waals surface area contributed by atoms with E-state index in [4.69, 9.17) is 25.6 Å². The number of aryl methyl sites for hydroxylation is 1. The molecule has 2 aliphatic rings. The Bertz CT molecular complexity index is 1410. The minimum atomic E-state index is -0.149. The van der Waals surface area contributed by atoms with Gasteiger partial charge in [-0.2, -0.15) is 4.98 Å². The average Bonchev–Trinajstić information content (AvgIpc) is 3.61. The van der Waals surface area contributed by atoms with E-state index in [9.17, 15) is 4.79 Å². The molecule has 0 aliphatic carbocycles. The first-order chi connectivity index (χ1) is 17.1. The van der Waals surface area contributed by atoms with Gasteiger partial charge in [-0.25, -0.2) is 4.98 Å². The van der Waals surface area contributed by atoms with Gasteiger partial charge in [0, 0.05) is 36.4 Å². The molecule has 6 rings (SSSR count). The van der Waals surface area contributed by atoms with Gasteiger partial charge in [0.2, 0.25) is 11.8 Å². The summed E-state index contributed by atoms with van der Waals surface area (Å²) < 4.78 is 20.3. The molecule has 0 N–H and O–H groups in total. The quantitative estimate of drug-likeness (QED) is 0.416. The number of nitrogens with zero attached hydrogens (tertiary/aromatic N) is 6. The summed E-state index contributed by atoms with van der Waals surface area (Å²) in [5.74, 6) is 1.77. The van der Waals surface area contributed by atoms with Gasteiger partial charge >= 0.3 is 0 Å². The van der Waals surface area contributed by atoms with Crippen LogP contribution >= 0.6 is 11.6 Å². The maximum Gasteiger partial charge on any atom is 0.277 e. The predicted molar refractivity (Wildman–Crippen MR) is 128 cm³/mol. The molecular formula is C24H25ClN6O4. The summed E-state index contributed by atoms with van der Waals surface area (Å²) in [6.45, 7) is 5.35. The molecule has 0 radical (unpaired) electrons. The highest BCUT2D eigenvalue weighted by Crippen LogP contribution is 2.37. The van der Waals surface area contributed by atoms with E-state index >= 15 is 0 Å². The van der Waals surface area contributed by atoms with E-state index < -0.39 is 0 Å². The van der Waals surface area contributed by atoms with Gasteiger partial charge in [0.1, 0.15) is 12.1 Å². The zero-order valence-electron chi connectivity index (χ0n) is 19.3. The van der Waals surface area contributed by atoms with Gasteiger partial charge in [-0.3, -0.25) is 9.20 Å². The third-order valence-electron chi connectivity index (χ3n) is 6.61. The van der Waals surface area contributed by atoms with Crippen molar-refractivity contribution in [2.24, 2.45) is 0 Å². The number of morpholine rings is 1. The van der Waals surface area contributed by atoms with Crippen molar-refractivity contribution in [2.45, 2.75) is 31.9 Å². The number of halogens is 1. The molecule has 2 aliphatic heterocycles. The monoisotopic (exact) mass is 496 g/mol. The van der Waals surface area contributed by atoms with Crippen LogP contribution in [0.2, 0.25) is 5.02 Å². The van der Waals surface area contributed by atoms with Crippen LogP contribution in [0.1, 0.15) is 41.4 Å². The number of ether oxygens (including phenoxy) is 2. The highest BCUT2D eigenvalue weighted by Gasteiger charge is 2.31. The van der Waals surface area contributed by atoms with Crippen molar-refractivity contribution in [3.05, 3.63) is 75.0 Å². The second-order valence-corrected chi connectivity index (χ2v) is 9.34. The lowest BCUT2D eigenvalue weighted by Gasteiger charge is -2.27. The van der Waals surface area contributed by atoms with Crippen LogP contribution in [0.5, 0.6) is 0 Å². The number of benzene rings is 1. The van der Waals surface area contributed by atoms with Crippen LogP contribution in [0.4, 0.5) is 5.95 Å². The number of hydrogen-bond donors (Lipinski definition) is 0. The second kappa shape index (κ2) is 9.10. The van der Waals surface area contributed by atoms with Gasteiger partial charge in [-0.15, -0.1) is 0 Å². The fourth-order valence-electron chi connectivity index (χ4n) is 4.75. The SMILES string of the molecule is Cc1nc(N2CCOCC2)n2ccn(Cc3nc([C@@H]4CO[C@@H](c5ccc(Cl)cc5)C4)no3)c(=O)c12. The fraction of sp³-hybridized carbons (Fsp3) is 0.417. The Morgan fingerprint density at radius 2 is 1.91 bits per heavy atom. The highest BCUT2D eigenvalue weighted by atomic mass is 35.5. The Kier molecular flexibility index (Phi) is 5.79. The van der Waals surface area contributed by atoms with E-state index in [1.165, 1.54) is 0 Å². The first-order valence-corrected chi connectivity index (χ1v) is 12.0. The standard InChI is InChI=1S/C24H25ClN6O4/c1-15-21-23(32)30(6-7-31(21)24(26-15)29-8-10-33-11-9-29)13-20-27-22(28-35-20)17-12-19(34-14-17)16-2-4-18(25)5-3-16/h2-7,17,19H,8-14H2,1H3/t17-,19+/m0/s1. The van der Waals surface area contributed by atoms with E-state index in [0.29, 0.717) is 47.8 Å². The highest BCUT2D eigenvalue weighted by molar-refractivity contribution is 6.30. The summed E-state index contributed by atoms with van der Waals surface area (Å²) in [5.41, 5.74) is 2.16. The summed E-state index contributed by atoms with van der Waals surface area (Å²) >= 11 is 5.99. The number of fused-ring (bicyclic) bond motifs is 1. The normalized spacial score (nSPS) is 20.7. The minimum absolute atomic E-state index is 0.0283. The summed E-state index contributed by atoms with van der Waals surface area (Å²) in [7, 11) is 0. The molecule has 1 aromatic carbocycles. The molecule has 0 unspecified atom stereocenters. The number of rotatable bonds is 5. The predicted octanol–water partition coefficient (Wildman–Crippen LogP) is 2.97. The summed E-state index contributed by atoms with van der Waals surface area (Å²) in [4.78, 5) is 24.6. The Balaban J connectivity index is 1.20. The Morgan fingerprint density at radius 1 is 1.11 bits per heavy atom. The zero-order chi connectivity index (χ0) is 23.9. The van der Waals surface area contributed by atoms with Crippen molar-refractivity contribution in [3.63, 3.8) is 0 Å². The number of aromatic nitrogens is 5. The first-order valence-electron chi connectivity index (χ1n) is 11.7. The van der Waals surface area contributed by atoms with Crippen molar-refractivity contribution >= 4 is 23.1 Å². The molecule has 0 bridgehead atoms. The first kappa shape index (κ1) is 22.3. The third-order valence-corrected chi connectivity index (χ3v) is 6.87. The van der Waals surface area contributed by atoms with Gasteiger partial charge in [0.15, 0.2) is 5.82 Å². The Hall–Kier alpha value is -3.21. The van der Waals surface area contributed by atoms with Gasteiger partial charge < -0.3 is 23.5 Å². The molecule has 0 amide bonds. The van der Waals surface area contributed by atoms with Gasteiger partial charge in [-0.1, -0.05) is 28.9 Å². The van der Waals surface area contributed by atoms with Crippen molar-refractivity contribution in [1.82, 2.24) is 24.1 Å². The molecule has 0 saturated carbocycles. The third kappa shape index (κ3) is 4.22. The lowest BCUT2D eigenvalue weighted by molar-refractivity contribution is 0.110. The van der Waals surface area contributed by atoms with Crippen molar-refractivity contribution in [1.29, 1.82) is 0 Å².